The first kappa shape index (κ1) is 14.7. The lowest BCUT2D eigenvalue weighted by atomic mass is 10.2. The molecule has 0 saturated heterocycles. The van der Waals surface area contributed by atoms with Crippen LogP contribution in [0.15, 0.2) is 40.8 Å². The standard InChI is InChI=1S/C17H24N2O/c1-3-4-10-19(15-8-6-5-7-9-15)13-16-11-14(2)17(12-18)20-16/h5-9,11H,3-4,10,12-13,18H2,1-2H3. The monoisotopic (exact) mass is 272 g/mol. The van der Waals surface area contributed by atoms with Gasteiger partial charge in [0.1, 0.15) is 11.5 Å². The summed E-state index contributed by atoms with van der Waals surface area (Å²) in [7, 11) is 0. The van der Waals surface area contributed by atoms with Crippen LogP contribution < -0.4 is 10.6 Å². The summed E-state index contributed by atoms with van der Waals surface area (Å²) in [6, 6.07) is 12.6. The zero-order chi connectivity index (χ0) is 14.4. The van der Waals surface area contributed by atoms with Crippen LogP contribution in [0.5, 0.6) is 0 Å². The molecular formula is C17H24N2O. The molecule has 2 aromatic rings. The van der Waals surface area contributed by atoms with Crippen LogP contribution in [0.4, 0.5) is 5.69 Å². The van der Waals surface area contributed by atoms with Crippen LogP contribution in [0.1, 0.15) is 36.8 Å². The zero-order valence-corrected chi connectivity index (χ0v) is 12.4. The van der Waals surface area contributed by atoms with Gasteiger partial charge in [0.2, 0.25) is 0 Å². The number of benzene rings is 1. The van der Waals surface area contributed by atoms with Gasteiger partial charge in [-0.05, 0) is 37.1 Å². The highest BCUT2D eigenvalue weighted by Crippen LogP contribution is 2.21. The molecule has 0 aliphatic heterocycles. The third-order valence-corrected chi connectivity index (χ3v) is 3.51. The number of unbranched alkanes of at least 4 members (excludes halogenated alkanes) is 1. The van der Waals surface area contributed by atoms with Crippen molar-refractivity contribution in [3.05, 3.63) is 53.5 Å². The molecule has 2 rings (SSSR count). The molecule has 0 radical (unpaired) electrons. The number of anilines is 1. The van der Waals surface area contributed by atoms with Crippen molar-refractivity contribution < 1.29 is 4.42 Å². The number of nitrogens with two attached hydrogens (primary N) is 1. The lowest BCUT2D eigenvalue weighted by molar-refractivity contribution is 0.459. The van der Waals surface area contributed by atoms with Crippen molar-refractivity contribution >= 4 is 5.69 Å². The Kier molecular flexibility index (Phi) is 5.24. The Balaban J connectivity index is 2.14. The van der Waals surface area contributed by atoms with Crippen molar-refractivity contribution in [3.63, 3.8) is 0 Å². The van der Waals surface area contributed by atoms with Crippen LogP contribution in [0.2, 0.25) is 0 Å². The molecule has 3 heteroatoms. The molecule has 0 saturated carbocycles. The van der Waals surface area contributed by atoms with Crippen LogP contribution in [-0.4, -0.2) is 6.54 Å². The Labute approximate surface area is 121 Å². The van der Waals surface area contributed by atoms with Gasteiger partial charge in [0.05, 0.1) is 13.1 Å². The second kappa shape index (κ2) is 7.15. The fourth-order valence-electron chi connectivity index (χ4n) is 2.35. The minimum Gasteiger partial charge on any atom is -0.463 e. The molecule has 0 spiro atoms. The van der Waals surface area contributed by atoms with E-state index in [0.717, 1.165) is 30.2 Å². The zero-order valence-electron chi connectivity index (χ0n) is 12.4. The van der Waals surface area contributed by atoms with Crippen LogP contribution in [0.25, 0.3) is 0 Å². The van der Waals surface area contributed by atoms with Crippen LogP contribution >= 0.6 is 0 Å². The van der Waals surface area contributed by atoms with Gasteiger partial charge in [-0.1, -0.05) is 31.5 Å². The first-order chi connectivity index (χ1) is 9.74. The van der Waals surface area contributed by atoms with E-state index in [9.17, 15) is 0 Å². The lowest BCUT2D eigenvalue weighted by Crippen LogP contribution is -2.23. The highest BCUT2D eigenvalue weighted by Gasteiger charge is 2.11. The maximum atomic E-state index is 5.83. The summed E-state index contributed by atoms with van der Waals surface area (Å²) < 4.78 is 5.83. The van der Waals surface area contributed by atoms with Crippen molar-refractivity contribution in [2.45, 2.75) is 39.8 Å². The molecule has 3 nitrogen and oxygen atoms in total. The van der Waals surface area contributed by atoms with Gasteiger partial charge < -0.3 is 15.1 Å². The van der Waals surface area contributed by atoms with Crippen molar-refractivity contribution in [3.8, 4) is 0 Å². The van der Waals surface area contributed by atoms with Crippen molar-refractivity contribution in [1.82, 2.24) is 0 Å². The SMILES string of the molecule is CCCCN(Cc1cc(C)c(CN)o1)c1ccccc1. The quantitative estimate of drug-likeness (QED) is 0.832. The summed E-state index contributed by atoms with van der Waals surface area (Å²) in [6.45, 7) is 6.57. The van der Waals surface area contributed by atoms with E-state index in [1.165, 1.54) is 18.5 Å². The van der Waals surface area contributed by atoms with Crippen LogP contribution in [-0.2, 0) is 13.1 Å². The van der Waals surface area contributed by atoms with Gasteiger partial charge in [-0.2, -0.15) is 0 Å². The van der Waals surface area contributed by atoms with Crippen LogP contribution in [0.3, 0.4) is 0 Å². The molecule has 20 heavy (non-hydrogen) atoms. The third kappa shape index (κ3) is 3.64. The molecule has 0 aliphatic rings. The smallest absolute Gasteiger partial charge is 0.123 e. The van der Waals surface area contributed by atoms with Crippen LogP contribution in [0, 0.1) is 6.92 Å². The Morgan fingerprint density at radius 3 is 2.55 bits per heavy atom. The van der Waals surface area contributed by atoms with Crippen molar-refractivity contribution in [2.75, 3.05) is 11.4 Å². The summed E-state index contributed by atoms with van der Waals surface area (Å²) in [5.74, 6) is 1.88. The second-order valence-electron chi connectivity index (χ2n) is 5.13. The molecule has 0 aliphatic carbocycles. The highest BCUT2D eigenvalue weighted by atomic mass is 16.3. The largest absolute Gasteiger partial charge is 0.463 e. The first-order valence-electron chi connectivity index (χ1n) is 7.32. The first-order valence-corrected chi connectivity index (χ1v) is 7.32. The fraction of sp³-hybridized carbons (Fsp3) is 0.412. The molecule has 1 aromatic carbocycles. The third-order valence-electron chi connectivity index (χ3n) is 3.51. The highest BCUT2D eigenvalue weighted by molar-refractivity contribution is 5.46. The van der Waals surface area contributed by atoms with Gasteiger partial charge in [-0.15, -0.1) is 0 Å². The number of furan rings is 1. The summed E-state index contributed by atoms with van der Waals surface area (Å²) in [5.41, 5.74) is 8.06. The Morgan fingerprint density at radius 2 is 1.95 bits per heavy atom. The van der Waals surface area contributed by atoms with E-state index in [4.69, 9.17) is 10.2 Å². The summed E-state index contributed by atoms with van der Waals surface area (Å²) in [4.78, 5) is 2.36. The maximum Gasteiger partial charge on any atom is 0.123 e. The van der Waals surface area contributed by atoms with E-state index < -0.39 is 0 Å². The molecular weight excluding hydrogens is 248 g/mol. The number of aryl methyl sites for hydroxylation is 1. The number of rotatable bonds is 7. The van der Waals surface area contributed by atoms with E-state index in [1.807, 2.05) is 13.0 Å². The molecule has 0 atom stereocenters. The average molecular weight is 272 g/mol. The summed E-state index contributed by atoms with van der Waals surface area (Å²) >= 11 is 0. The predicted octanol–water partition coefficient (Wildman–Crippen LogP) is 3.85. The molecule has 0 amide bonds. The van der Waals surface area contributed by atoms with Gasteiger partial charge >= 0.3 is 0 Å². The number of hydrogen-bond acceptors (Lipinski definition) is 3. The van der Waals surface area contributed by atoms with E-state index in [-0.39, 0.29) is 0 Å². The molecule has 2 N–H and O–H groups in total. The van der Waals surface area contributed by atoms with Crippen molar-refractivity contribution in [1.29, 1.82) is 0 Å². The molecule has 108 valence electrons. The van der Waals surface area contributed by atoms with Crippen molar-refractivity contribution in [2.24, 2.45) is 5.73 Å². The van der Waals surface area contributed by atoms with E-state index >= 15 is 0 Å². The van der Waals surface area contributed by atoms with Gasteiger partial charge in [0.15, 0.2) is 0 Å². The Hall–Kier alpha value is -1.74. The minimum atomic E-state index is 0.464. The molecule has 0 unspecified atom stereocenters. The summed E-state index contributed by atoms with van der Waals surface area (Å²) in [5, 5.41) is 0. The number of hydrogen-bond donors (Lipinski definition) is 1. The lowest BCUT2D eigenvalue weighted by Gasteiger charge is -2.23. The molecule has 1 heterocycles. The predicted molar refractivity (Wildman–Crippen MR) is 83.7 cm³/mol. The van der Waals surface area contributed by atoms with Gasteiger partial charge in [0, 0.05) is 12.2 Å². The topological polar surface area (TPSA) is 42.4 Å². The van der Waals surface area contributed by atoms with E-state index in [1.54, 1.807) is 0 Å². The van der Waals surface area contributed by atoms with Gasteiger partial charge in [-0.3, -0.25) is 0 Å². The molecule has 0 bridgehead atoms. The fourth-order valence-corrected chi connectivity index (χ4v) is 2.35. The summed E-state index contributed by atoms with van der Waals surface area (Å²) in [6.07, 6.45) is 2.37. The van der Waals surface area contributed by atoms with Gasteiger partial charge in [0.25, 0.3) is 0 Å². The Morgan fingerprint density at radius 1 is 1.20 bits per heavy atom. The number of nitrogens with zero attached hydrogens (tertiary/aromatic N) is 1. The van der Waals surface area contributed by atoms with E-state index in [2.05, 4.69) is 42.2 Å². The molecule has 1 aromatic heterocycles. The average Bonchev–Trinajstić information content (AvgIpc) is 2.84. The van der Waals surface area contributed by atoms with E-state index in [0.29, 0.717) is 6.54 Å². The molecule has 0 fully saturated rings. The van der Waals surface area contributed by atoms with Gasteiger partial charge in [-0.25, -0.2) is 0 Å². The Bertz CT molecular complexity index is 519. The number of para-hydroxylation sites is 1. The maximum absolute atomic E-state index is 5.83. The second-order valence-corrected chi connectivity index (χ2v) is 5.13. The normalized spacial score (nSPS) is 10.8. The minimum absolute atomic E-state index is 0.464.